The molecule has 0 spiro atoms. The maximum atomic E-state index is 12.7. The van der Waals surface area contributed by atoms with Gasteiger partial charge in [-0.05, 0) is 5.92 Å². The summed E-state index contributed by atoms with van der Waals surface area (Å²) in [4.78, 5) is 14.4. The molecule has 2 aliphatic heterocycles. The molecule has 0 aliphatic carbocycles. The summed E-state index contributed by atoms with van der Waals surface area (Å²) in [6.07, 6.45) is 1.89. The van der Waals surface area contributed by atoms with Gasteiger partial charge in [-0.2, -0.15) is 0 Å². The van der Waals surface area contributed by atoms with Gasteiger partial charge >= 0.3 is 135 Å². The molecule has 2 aliphatic rings. The molecule has 2 heterocycles. The van der Waals surface area contributed by atoms with Crippen molar-refractivity contribution in [3.63, 3.8) is 0 Å². The van der Waals surface area contributed by atoms with E-state index in [0.717, 1.165) is 24.2 Å². The summed E-state index contributed by atoms with van der Waals surface area (Å²) >= 11 is 11.7. The number of nitrogens with zero attached hydrogens (tertiary/aromatic N) is 1. The zero-order valence-electron chi connectivity index (χ0n) is 16.4. The van der Waals surface area contributed by atoms with Gasteiger partial charge in [0.2, 0.25) is 0 Å². The molecule has 4 atom stereocenters. The average molecular weight is 460 g/mol. The second-order valence-electron chi connectivity index (χ2n) is 7.65. The quantitative estimate of drug-likeness (QED) is 0.186. The monoisotopic (exact) mass is 460 g/mol. The van der Waals surface area contributed by atoms with Gasteiger partial charge in [-0.3, -0.25) is 0 Å². The summed E-state index contributed by atoms with van der Waals surface area (Å²) in [6.45, 7) is 11.1. The van der Waals surface area contributed by atoms with Gasteiger partial charge in [0.05, 0.1) is 0 Å². The van der Waals surface area contributed by atoms with Crippen molar-refractivity contribution in [3.8, 4) is 0 Å². The Labute approximate surface area is 184 Å². The Balaban J connectivity index is 1.84. The van der Waals surface area contributed by atoms with Crippen LogP contribution < -0.4 is 0 Å². The first-order chi connectivity index (χ1) is 13.3. The Morgan fingerprint density at radius 3 is 2.89 bits per heavy atom. The van der Waals surface area contributed by atoms with Crippen LogP contribution in [0, 0.1) is 5.92 Å². The number of ether oxygens (including phenoxy) is 1. The average Bonchev–Trinajstić information content (AvgIpc) is 3.00. The summed E-state index contributed by atoms with van der Waals surface area (Å²) in [5.41, 5.74) is 1.11. The molecule has 0 unspecified atom stereocenters. The van der Waals surface area contributed by atoms with Crippen molar-refractivity contribution in [1.29, 1.82) is 0 Å². The number of thiocarbonyl (C=S) groups is 1. The molecule has 1 N–H and O–H groups in total. The van der Waals surface area contributed by atoms with Crippen molar-refractivity contribution in [1.82, 2.24) is 4.90 Å². The fourth-order valence-electron chi connectivity index (χ4n) is 3.59. The number of rotatable bonds is 9. The number of carbonyl (C=O) groups excluding carboxylic acids is 1. The molecule has 2 saturated heterocycles. The van der Waals surface area contributed by atoms with Crippen LogP contribution in [0.1, 0.15) is 46.0 Å². The molecular formula is C18H28BNO4PS3+. The number of thioether (sulfide) groups is 1. The first-order valence-corrected chi connectivity index (χ1v) is 12.9. The van der Waals surface area contributed by atoms with E-state index in [1.54, 1.807) is 23.5 Å². The van der Waals surface area contributed by atoms with Crippen LogP contribution >= 0.6 is 30.8 Å². The van der Waals surface area contributed by atoms with Crippen molar-refractivity contribution in [2.45, 2.75) is 70.3 Å². The molecule has 5 nitrogen and oxygen atoms in total. The van der Waals surface area contributed by atoms with Gasteiger partial charge in [0.1, 0.15) is 0 Å². The second-order valence-corrected chi connectivity index (χ2v) is 10.4. The van der Waals surface area contributed by atoms with E-state index in [1.165, 1.54) is 0 Å². The van der Waals surface area contributed by atoms with Crippen LogP contribution in [0.15, 0.2) is 12.2 Å². The Hall–Kier alpha value is 0.245. The van der Waals surface area contributed by atoms with Crippen molar-refractivity contribution in [2.24, 2.45) is 5.92 Å². The molecule has 0 saturated carbocycles. The van der Waals surface area contributed by atoms with Crippen LogP contribution in [-0.4, -0.2) is 63.8 Å². The molecule has 0 aromatic rings. The number of amides is 1. The third kappa shape index (κ3) is 7.49. The van der Waals surface area contributed by atoms with E-state index in [4.69, 9.17) is 33.4 Å². The van der Waals surface area contributed by atoms with E-state index >= 15 is 0 Å². The molecule has 0 radical (unpaired) electrons. The summed E-state index contributed by atoms with van der Waals surface area (Å²) in [7, 11) is 0. The van der Waals surface area contributed by atoms with Crippen molar-refractivity contribution >= 4 is 59.7 Å². The number of aliphatic hydroxyl groups is 1. The minimum absolute atomic E-state index is 0.0252. The molecule has 0 bridgehead atoms. The summed E-state index contributed by atoms with van der Waals surface area (Å²) < 4.78 is 12.0. The summed E-state index contributed by atoms with van der Waals surface area (Å²) in [5, 5.41) is 10.5. The fourth-order valence-corrected chi connectivity index (χ4v) is 5.60. The van der Waals surface area contributed by atoms with Gasteiger partial charge in [-0.1, -0.05) is 37.8 Å². The van der Waals surface area contributed by atoms with Gasteiger partial charge in [0.25, 0.3) is 0 Å². The molecule has 1 amide bonds. The van der Waals surface area contributed by atoms with E-state index in [1.807, 2.05) is 0 Å². The molecule has 10 heteroatoms. The van der Waals surface area contributed by atoms with Crippen LogP contribution in [0.5, 0.6) is 0 Å². The first kappa shape index (κ1) is 24.5. The Bertz CT molecular complexity index is 644. The first-order valence-electron chi connectivity index (χ1n) is 9.56. The van der Waals surface area contributed by atoms with Gasteiger partial charge in [0.15, 0.2) is 0 Å². The fraction of sp³-hybridized carbons (Fsp3) is 0.778. The van der Waals surface area contributed by atoms with Crippen LogP contribution in [0.3, 0.4) is 0 Å². The van der Waals surface area contributed by atoms with E-state index in [2.05, 4.69) is 20.4 Å². The van der Waals surface area contributed by atoms with E-state index < -0.39 is 6.10 Å². The van der Waals surface area contributed by atoms with Crippen LogP contribution in [0.25, 0.3) is 0 Å². The van der Waals surface area contributed by atoms with Gasteiger partial charge < -0.3 is 0 Å². The molecule has 28 heavy (non-hydrogen) atoms. The zero-order valence-corrected chi connectivity index (χ0v) is 19.8. The van der Waals surface area contributed by atoms with Crippen LogP contribution in [0.4, 0.5) is 0 Å². The molecule has 0 aromatic heterocycles. The molecule has 2 rings (SSSR count). The number of aliphatic hydroxyl groups excluding tert-OH is 1. The predicted octanol–water partition coefficient (Wildman–Crippen LogP) is 3.47. The maximum absolute atomic E-state index is 12.7. The number of carbonyl (C=O) groups is 1. The van der Waals surface area contributed by atoms with Gasteiger partial charge in [-0.15, -0.1) is 0 Å². The van der Waals surface area contributed by atoms with Crippen molar-refractivity contribution in [3.05, 3.63) is 12.2 Å². The third-order valence-electron chi connectivity index (χ3n) is 4.98. The zero-order chi connectivity index (χ0) is 20.7. The molecule has 2 fully saturated rings. The second kappa shape index (κ2) is 12.2. The SMILES string of the molecule is C=C1C[C@H](C[C@@H](O)CC(=O)N2C(=S)SC[C@H]2C(C)C)O[C@@H](CCOB=[P+]=S)C1. The minimum atomic E-state index is -0.756. The van der Waals surface area contributed by atoms with Gasteiger partial charge in [0, 0.05) is 5.75 Å². The topological polar surface area (TPSA) is 59.0 Å². The third-order valence-corrected chi connectivity index (χ3v) is 6.98. The van der Waals surface area contributed by atoms with E-state index in [9.17, 15) is 9.90 Å². The van der Waals surface area contributed by atoms with E-state index in [-0.39, 0.29) is 30.6 Å². The molecular weight excluding hydrogens is 432 g/mol. The van der Waals surface area contributed by atoms with Gasteiger partial charge in [-0.25, -0.2) is 0 Å². The van der Waals surface area contributed by atoms with Crippen LogP contribution in [0.2, 0.25) is 0 Å². The molecule has 154 valence electrons. The van der Waals surface area contributed by atoms with Crippen molar-refractivity contribution < 1.29 is 19.3 Å². The number of hydrogen-bond donors (Lipinski definition) is 1. The Morgan fingerprint density at radius 2 is 2.21 bits per heavy atom. The number of hydrogen-bond acceptors (Lipinski definition) is 7. The molecule has 0 aromatic carbocycles. The van der Waals surface area contributed by atoms with Crippen molar-refractivity contribution in [2.75, 3.05) is 12.4 Å². The predicted molar refractivity (Wildman–Crippen MR) is 123 cm³/mol. The van der Waals surface area contributed by atoms with Crippen LogP contribution in [-0.2, 0) is 26.0 Å². The normalized spacial score (nSPS) is 26.4. The summed E-state index contributed by atoms with van der Waals surface area (Å²) in [6, 6.07) is 0.110. The van der Waals surface area contributed by atoms with E-state index in [0.29, 0.717) is 36.5 Å². The summed E-state index contributed by atoms with van der Waals surface area (Å²) in [5.74, 6) is 1.06. The Morgan fingerprint density at radius 1 is 1.50 bits per heavy atom. The Kier molecular flexibility index (Phi) is 10.7. The standard InChI is InChI=1S/C18H28BNO4PS3/c1-11(2)16-10-28-18(26)20(16)17(22)9-13(21)8-15-7-12(3)6-14(24-15)4-5-23-19-25-27/h11,13-16,21H,3-10H2,1-2H3/q+1/t13-,14+,15-,16+/m1/s1.